The van der Waals surface area contributed by atoms with Crippen molar-refractivity contribution in [3.8, 4) is 0 Å². The van der Waals surface area contributed by atoms with Gasteiger partial charge >= 0.3 is 0 Å². The molecular formula is C30H46O2. The van der Waals surface area contributed by atoms with Gasteiger partial charge in [0.05, 0.1) is 19.8 Å². The van der Waals surface area contributed by atoms with E-state index in [1.54, 1.807) is 0 Å². The zero-order valence-electron chi connectivity index (χ0n) is 21.6. The van der Waals surface area contributed by atoms with Gasteiger partial charge in [0, 0.05) is 6.61 Å². The lowest BCUT2D eigenvalue weighted by atomic mass is 10.0. The fourth-order valence-corrected chi connectivity index (χ4v) is 3.24. The second kappa shape index (κ2) is 15.8. The van der Waals surface area contributed by atoms with Gasteiger partial charge in [0.15, 0.2) is 0 Å². The first-order valence-corrected chi connectivity index (χ1v) is 12.1. The maximum absolute atomic E-state index is 5.60. The first-order chi connectivity index (χ1) is 15.2. The Balaban J connectivity index is 0.000000320. The summed E-state index contributed by atoms with van der Waals surface area (Å²) in [5.74, 6) is 2.05. The molecule has 178 valence electrons. The largest absolute Gasteiger partial charge is 0.377 e. The highest BCUT2D eigenvalue weighted by Crippen LogP contribution is 2.12. The number of hydrogen-bond donors (Lipinski definition) is 0. The predicted octanol–water partition coefficient (Wildman–Crippen LogP) is 8.04. The number of rotatable bonds is 12. The average Bonchev–Trinajstić information content (AvgIpc) is 2.70. The molecule has 0 radical (unpaired) electrons. The Morgan fingerprint density at radius 2 is 1.00 bits per heavy atom. The van der Waals surface area contributed by atoms with E-state index >= 15 is 0 Å². The normalized spacial score (nSPS) is 11.1. The summed E-state index contributed by atoms with van der Waals surface area (Å²) in [7, 11) is 0. The van der Waals surface area contributed by atoms with Crippen LogP contribution in [0.25, 0.3) is 0 Å². The SMILES string of the molecule is C=C(C)COCc1ccc(CC(C)C)cc1.CC(C)COCc1ccc(CC(C)C)cc1. The van der Waals surface area contributed by atoms with Crippen molar-refractivity contribution in [1.82, 2.24) is 0 Å². The molecule has 0 saturated carbocycles. The first-order valence-electron chi connectivity index (χ1n) is 12.1. The Morgan fingerprint density at radius 3 is 1.34 bits per heavy atom. The van der Waals surface area contributed by atoms with Crippen molar-refractivity contribution in [2.45, 2.75) is 74.5 Å². The van der Waals surface area contributed by atoms with Gasteiger partial charge < -0.3 is 9.47 Å². The van der Waals surface area contributed by atoms with Crippen LogP contribution in [0.3, 0.4) is 0 Å². The summed E-state index contributed by atoms with van der Waals surface area (Å²) in [6.07, 6.45) is 2.31. The van der Waals surface area contributed by atoms with Crippen molar-refractivity contribution in [2.24, 2.45) is 17.8 Å². The molecule has 0 amide bonds. The third-order valence-corrected chi connectivity index (χ3v) is 4.67. The minimum Gasteiger partial charge on any atom is -0.377 e. The highest BCUT2D eigenvalue weighted by Gasteiger charge is 2.00. The van der Waals surface area contributed by atoms with Gasteiger partial charge in [-0.15, -0.1) is 0 Å². The molecule has 2 nitrogen and oxygen atoms in total. The van der Waals surface area contributed by atoms with Gasteiger partial charge in [0.1, 0.15) is 0 Å². The molecule has 0 heterocycles. The molecule has 0 N–H and O–H groups in total. The first kappa shape index (κ1) is 28.1. The van der Waals surface area contributed by atoms with Crippen molar-refractivity contribution >= 4 is 0 Å². The molecule has 0 bridgehead atoms. The smallest absolute Gasteiger partial charge is 0.0721 e. The fraction of sp³-hybridized carbons (Fsp3) is 0.533. The number of hydrogen-bond acceptors (Lipinski definition) is 2. The van der Waals surface area contributed by atoms with Crippen LogP contribution in [0, 0.1) is 17.8 Å². The Bertz CT molecular complexity index is 739. The van der Waals surface area contributed by atoms with Crippen molar-refractivity contribution in [2.75, 3.05) is 13.2 Å². The Morgan fingerprint density at radius 1 is 0.625 bits per heavy atom. The van der Waals surface area contributed by atoms with Gasteiger partial charge in [-0.05, 0) is 59.8 Å². The Hall–Kier alpha value is -1.90. The summed E-state index contributed by atoms with van der Waals surface area (Å²) in [5.41, 5.74) is 6.39. The summed E-state index contributed by atoms with van der Waals surface area (Å²) in [6.45, 7) is 22.0. The van der Waals surface area contributed by atoms with Gasteiger partial charge in [-0.25, -0.2) is 0 Å². The molecule has 32 heavy (non-hydrogen) atoms. The minimum atomic E-state index is 0.611. The molecule has 0 aliphatic heterocycles. The van der Waals surface area contributed by atoms with E-state index in [-0.39, 0.29) is 0 Å². The minimum absolute atomic E-state index is 0.611. The van der Waals surface area contributed by atoms with E-state index in [1.807, 2.05) is 6.92 Å². The molecule has 0 aromatic heterocycles. The monoisotopic (exact) mass is 438 g/mol. The lowest BCUT2D eigenvalue weighted by Gasteiger charge is -2.08. The molecule has 0 spiro atoms. The standard InChI is InChI=1S/C15H24O.C15H22O/c2*1-12(2)9-14-5-7-15(8-6-14)11-16-10-13(3)4/h5-8,12-13H,9-11H2,1-4H3;5-8,12H,3,9-11H2,1-2,4H3. The highest BCUT2D eigenvalue weighted by molar-refractivity contribution is 5.23. The second-order valence-electron chi connectivity index (χ2n) is 10.2. The van der Waals surface area contributed by atoms with Crippen LogP contribution in [0.15, 0.2) is 60.7 Å². The van der Waals surface area contributed by atoms with Crippen LogP contribution >= 0.6 is 0 Å². The molecule has 0 atom stereocenters. The summed E-state index contributed by atoms with van der Waals surface area (Å²) in [4.78, 5) is 0. The molecule has 2 heteroatoms. The zero-order chi connectivity index (χ0) is 23.9. The molecule has 2 aromatic carbocycles. The van der Waals surface area contributed by atoms with Gasteiger partial charge in [-0.3, -0.25) is 0 Å². The summed E-state index contributed by atoms with van der Waals surface area (Å²) >= 11 is 0. The van der Waals surface area contributed by atoms with Crippen molar-refractivity contribution in [3.63, 3.8) is 0 Å². The van der Waals surface area contributed by atoms with Crippen molar-refractivity contribution in [3.05, 3.63) is 82.9 Å². The number of benzene rings is 2. The average molecular weight is 439 g/mol. The summed E-state index contributed by atoms with van der Waals surface area (Å²) < 4.78 is 11.1. The van der Waals surface area contributed by atoms with Crippen LogP contribution in [-0.4, -0.2) is 13.2 Å². The van der Waals surface area contributed by atoms with Crippen LogP contribution < -0.4 is 0 Å². The van der Waals surface area contributed by atoms with E-state index < -0.39 is 0 Å². The zero-order valence-corrected chi connectivity index (χ0v) is 21.6. The van der Waals surface area contributed by atoms with E-state index in [2.05, 4.69) is 96.7 Å². The maximum atomic E-state index is 5.60. The van der Waals surface area contributed by atoms with Crippen LogP contribution in [-0.2, 0) is 35.5 Å². The van der Waals surface area contributed by atoms with Crippen molar-refractivity contribution < 1.29 is 9.47 Å². The molecule has 0 saturated heterocycles. The summed E-state index contributed by atoms with van der Waals surface area (Å²) in [6, 6.07) is 17.5. The Labute approximate surface area is 198 Å². The molecule has 0 unspecified atom stereocenters. The van der Waals surface area contributed by atoms with Gasteiger partial charge in [0.2, 0.25) is 0 Å². The van der Waals surface area contributed by atoms with Gasteiger partial charge in [-0.1, -0.05) is 102 Å². The van der Waals surface area contributed by atoms with Crippen LogP contribution in [0.5, 0.6) is 0 Å². The molecular weight excluding hydrogens is 392 g/mol. The van der Waals surface area contributed by atoms with E-state index in [0.717, 1.165) is 37.5 Å². The van der Waals surface area contributed by atoms with E-state index in [1.165, 1.54) is 22.3 Å². The lowest BCUT2D eigenvalue weighted by molar-refractivity contribution is 0.0971. The quantitative estimate of drug-likeness (QED) is 0.312. The molecule has 2 rings (SSSR count). The van der Waals surface area contributed by atoms with E-state index in [9.17, 15) is 0 Å². The van der Waals surface area contributed by atoms with Crippen molar-refractivity contribution in [1.29, 1.82) is 0 Å². The van der Waals surface area contributed by atoms with Crippen LogP contribution in [0.4, 0.5) is 0 Å². The van der Waals surface area contributed by atoms with Gasteiger partial charge in [-0.2, -0.15) is 0 Å². The van der Waals surface area contributed by atoms with Crippen LogP contribution in [0.2, 0.25) is 0 Å². The number of ether oxygens (including phenoxy) is 2. The van der Waals surface area contributed by atoms with E-state index in [4.69, 9.17) is 9.47 Å². The van der Waals surface area contributed by atoms with Gasteiger partial charge in [0.25, 0.3) is 0 Å². The van der Waals surface area contributed by atoms with Crippen LogP contribution in [0.1, 0.15) is 70.7 Å². The highest BCUT2D eigenvalue weighted by atomic mass is 16.5. The summed E-state index contributed by atoms with van der Waals surface area (Å²) in [5, 5.41) is 0. The molecule has 0 aliphatic carbocycles. The third kappa shape index (κ3) is 14.2. The topological polar surface area (TPSA) is 18.5 Å². The predicted molar refractivity (Wildman–Crippen MR) is 139 cm³/mol. The van der Waals surface area contributed by atoms with E-state index in [0.29, 0.717) is 25.0 Å². The molecule has 0 fully saturated rings. The molecule has 2 aromatic rings. The lowest BCUT2D eigenvalue weighted by Crippen LogP contribution is -2.02. The Kier molecular flexibility index (Phi) is 13.9. The third-order valence-electron chi connectivity index (χ3n) is 4.67. The molecule has 0 aliphatic rings. The maximum Gasteiger partial charge on any atom is 0.0721 e. The second-order valence-corrected chi connectivity index (χ2v) is 10.2. The fourth-order valence-electron chi connectivity index (χ4n) is 3.24.